The third kappa shape index (κ3) is 3.40. The van der Waals surface area contributed by atoms with Crippen molar-refractivity contribution in [2.75, 3.05) is 13.2 Å². The first-order valence-corrected chi connectivity index (χ1v) is 7.43. The van der Waals surface area contributed by atoms with Gasteiger partial charge in [0.15, 0.2) is 11.5 Å². The number of alkyl halides is 3. The van der Waals surface area contributed by atoms with Crippen LogP contribution < -0.4 is 5.32 Å². The summed E-state index contributed by atoms with van der Waals surface area (Å²) in [6.45, 7) is 0.775. The highest BCUT2D eigenvalue weighted by molar-refractivity contribution is 5.95. The first-order chi connectivity index (χ1) is 11.5. The van der Waals surface area contributed by atoms with E-state index in [1.165, 1.54) is 12.3 Å². The van der Waals surface area contributed by atoms with E-state index in [0.29, 0.717) is 11.3 Å². The van der Waals surface area contributed by atoms with Gasteiger partial charge in [0.25, 0.3) is 5.91 Å². The minimum Gasteiger partial charge on any atom is -0.376 e. The Morgan fingerprint density at radius 3 is 2.88 bits per heavy atom. The number of nitrogens with zero attached hydrogens (tertiary/aromatic N) is 3. The van der Waals surface area contributed by atoms with Crippen LogP contribution in [0.15, 0.2) is 30.6 Å². The number of carbonyl (C=O) groups excluding carboxylic acids is 1. The molecule has 0 unspecified atom stereocenters. The molecule has 3 heterocycles. The summed E-state index contributed by atoms with van der Waals surface area (Å²) in [5.41, 5.74) is -1.68. The van der Waals surface area contributed by atoms with Crippen molar-refractivity contribution in [3.05, 3.63) is 41.9 Å². The molecule has 2 aromatic heterocycles. The predicted molar refractivity (Wildman–Crippen MR) is 77.7 cm³/mol. The molecule has 6 nitrogen and oxygen atoms in total. The van der Waals surface area contributed by atoms with Gasteiger partial charge in [-0.15, -0.1) is 0 Å². The maximum atomic E-state index is 13.4. The van der Waals surface area contributed by atoms with Crippen LogP contribution in [-0.4, -0.2) is 39.9 Å². The smallest absolute Gasteiger partial charge is 0.376 e. The fourth-order valence-corrected chi connectivity index (χ4v) is 2.55. The lowest BCUT2D eigenvalue weighted by atomic mass is 10.2. The van der Waals surface area contributed by atoms with Gasteiger partial charge >= 0.3 is 6.18 Å². The van der Waals surface area contributed by atoms with E-state index in [2.05, 4.69) is 15.4 Å². The largest absolute Gasteiger partial charge is 0.434 e. The topological polar surface area (TPSA) is 69.0 Å². The number of carbonyl (C=O) groups is 1. The molecule has 0 spiro atoms. The van der Waals surface area contributed by atoms with Crippen LogP contribution in [0.25, 0.3) is 5.82 Å². The van der Waals surface area contributed by atoms with Crippen LogP contribution in [0.4, 0.5) is 13.2 Å². The summed E-state index contributed by atoms with van der Waals surface area (Å²) in [5.74, 6) is -0.844. The Hall–Kier alpha value is -2.42. The molecule has 24 heavy (non-hydrogen) atoms. The number of aromatic nitrogens is 3. The quantitative estimate of drug-likeness (QED) is 0.926. The average molecular weight is 340 g/mol. The van der Waals surface area contributed by atoms with E-state index in [9.17, 15) is 18.0 Å². The van der Waals surface area contributed by atoms with E-state index < -0.39 is 23.3 Å². The van der Waals surface area contributed by atoms with Gasteiger partial charge in [0.2, 0.25) is 0 Å². The van der Waals surface area contributed by atoms with Crippen molar-refractivity contribution in [1.82, 2.24) is 20.1 Å². The van der Waals surface area contributed by atoms with Crippen molar-refractivity contribution in [1.29, 1.82) is 0 Å². The lowest BCUT2D eigenvalue weighted by Gasteiger charge is -2.13. The first kappa shape index (κ1) is 16.4. The second-order valence-corrected chi connectivity index (χ2v) is 5.35. The third-order valence-electron chi connectivity index (χ3n) is 3.66. The zero-order valence-electron chi connectivity index (χ0n) is 12.6. The van der Waals surface area contributed by atoms with Crippen molar-refractivity contribution < 1.29 is 22.7 Å². The highest BCUT2D eigenvalue weighted by Gasteiger charge is 2.40. The van der Waals surface area contributed by atoms with Gasteiger partial charge in [-0.25, -0.2) is 9.67 Å². The van der Waals surface area contributed by atoms with E-state index >= 15 is 0 Å². The van der Waals surface area contributed by atoms with Crippen molar-refractivity contribution in [3.63, 3.8) is 0 Å². The molecule has 0 bridgehead atoms. The molecule has 1 aliphatic rings. The summed E-state index contributed by atoms with van der Waals surface area (Å²) in [7, 11) is 0. The second-order valence-electron chi connectivity index (χ2n) is 5.35. The molecule has 2 aromatic rings. The molecule has 1 N–H and O–H groups in total. The standard InChI is InChI=1S/C15H15F3N4O2/c16-15(17,18)13-11(14(23)20-8-10-4-3-7-24-10)9-21-22(13)12-5-1-2-6-19-12/h1-2,5-6,9-10H,3-4,7-8H2,(H,20,23)/t10-/m0/s1. The maximum absolute atomic E-state index is 13.4. The number of halogens is 3. The van der Waals surface area contributed by atoms with Gasteiger partial charge in [-0.2, -0.15) is 18.3 Å². The van der Waals surface area contributed by atoms with Crippen LogP contribution in [0.5, 0.6) is 0 Å². The number of amides is 1. The number of nitrogens with one attached hydrogen (secondary N) is 1. The summed E-state index contributed by atoms with van der Waals surface area (Å²) >= 11 is 0. The van der Waals surface area contributed by atoms with Crippen molar-refractivity contribution >= 4 is 5.91 Å². The first-order valence-electron chi connectivity index (χ1n) is 7.43. The number of hydrogen-bond donors (Lipinski definition) is 1. The summed E-state index contributed by atoms with van der Waals surface area (Å²) in [5, 5.41) is 6.18. The Morgan fingerprint density at radius 2 is 2.25 bits per heavy atom. The Labute approximate surface area is 135 Å². The van der Waals surface area contributed by atoms with Gasteiger partial charge in [-0.05, 0) is 25.0 Å². The maximum Gasteiger partial charge on any atom is 0.434 e. The van der Waals surface area contributed by atoms with Crippen LogP contribution in [0.1, 0.15) is 28.9 Å². The number of pyridine rings is 1. The Kier molecular flexibility index (Phi) is 4.52. The predicted octanol–water partition coefficient (Wildman–Crippen LogP) is 2.19. The third-order valence-corrected chi connectivity index (χ3v) is 3.66. The molecule has 9 heteroatoms. The van der Waals surface area contributed by atoms with Gasteiger partial charge < -0.3 is 10.1 Å². The summed E-state index contributed by atoms with van der Waals surface area (Å²) in [4.78, 5) is 16.0. The van der Waals surface area contributed by atoms with Crippen LogP contribution in [-0.2, 0) is 10.9 Å². The van der Waals surface area contributed by atoms with Crippen LogP contribution in [0.2, 0.25) is 0 Å². The van der Waals surface area contributed by atoms with Crippen molar-refractivity contribution in [3.8, 4) is 5.82 Å². The normalized spacial score (nSPS) is 17.9. The van der Waals surface area contributed by atoms with Crippen LogP contribution in [0, 0.1) is 0 Å². The van der Waals surface area contributed by atoms with E-state index in [1.54, 1.807) is 12.1 Å². The van der Waals surface area contributed by atoms with Crippen LogP contribution >= 0.6 is 0 Å². The fourth-order valence-electron chi connectivity index (χ4n) is 2.55. The Bertz CT molecular complexity index is 709. The molecular weight excluding hydrogens is 325 g/mol. The van der Waals surface area contributed by atoms with Gasteiger partial charge in [0.1, 0.15) is 0 Å². The summed E-state index contributed by atoms with van der Waals surface area (Å²) in [6.07, 6.45) is -0.985. The van der Waals surface area contributed by atoms with E-state index in [0.717, 1.165) is 19.0 Å². The average Bonchev–Trinajstić information content (AvgIpc) is 3.22. The van der Waals surface area contributed by atoms with E-state index in [4.69, 9.17) is 4.74 Å². The SMILES string of the molecule is O=C(NC[C@@H]1CCCO1)c1cnn(-c2ccccn2)c1C(F)(F)F. The molecule has 1 atom stereocenters. The minimum absolute atomic E-state index is 0.0111. The molecule has 0 aliphatic carbocycles. The van der Waals surface area contributed by atoms with Crippen molar-refractivity contribution in [2.24, 2.45) is 0 Å². The zero-order chi connectivity index (χ0) is 17.2. The number of hydrogen-bond acceptors (Lipinski definition) is 4. The molecule has 3 rings (SSSR count). The molecule has 128 valence electrons. The highest BCUT2D eigenvalue weighted by Crippen LogP contribution is 2.33. The molecule has 0 saturated carbocycles. The Morgan fingerprint density at radius 1 is 1.42 bits per heavy atom. The molecule has 0 aromatic carbocycles. The number of rotatable bonds is 4. The molecule has 1 amide bonds. The molecule has 1 saturated heterocycles. The van der Waals surface area contributed by atoms with Gasteiger partial charge in [0.05, 0.1) is 17.9 Å². The summed E-state index contributed by atoms with van der Waals surface area (Å²) < 4.78 is 46.3. The molecular formula is C15H15F3N4O2. The lowest BCUT2D eigenvalue weighted by molar-refractivity contribution is -0.143. The fraction of sp³-hybridized carbons (Fsp3) is 0.400. The van der Waals surface area contributed by atoms with Gasteiger partial charge in [-0.1, -0.05) is 6.07 Å². The van der Waals surface area contributed by atoms with E-state index in [1.807, 2.05) is 0 Å². The molecule has 0 radical (unpaired) electrons. The van der Waals surface area contributed by atoms with Gasteiger partial charge in [0, 0.05) is 19.3 Å². The molecule has 1 aliphatic heterocycles. The van der Waals surface area contributed by atoms with Gasteiger partial charge in [-0.3, -0.25) is 4.79 Å². The highest BCUT2D eigenvalue weighted by atomic mass is 19.4. The molecule has 1 fully saturated rings. The zero-order valence-corrected chi connectivity index (χ0v) is 12.6. The second kappa shape index (κ2) is 6.60. The van der Waals surface area contributed by atoms with E-state index in [-0.39, 0.29) is 18.5 Å². The van der Waals surface area contributed by atoms with Crippen LogP contribution in [0.3, 0.4) is 0 Å². The number of ether oxygens (including phenoxy) is 1. The Balaban J connectivity index is 1.87. The lowest BCUT2D eigenvalue weighted by Crippen LogP contribution is -2.33. The summed E-state index contributed by atoms with van der Waals surface area (Å²) in [6, 6.07) is 4.51. The van der Waals surface area contributed by atoms with Crippen molar-refractivity contribution in [2.45, 2.75) is 25.1 Å². The monoisotopic (exact) mass is 340 g/mol. The minimum atomic E-state index is -4.75.